The van der Waals surface area contributed by atoms with Crippen LogP contribution in [0, 0.1) is 17.7 Å². The summed E-state index contributed by atoms with van der Waals surface area (Å²) in [5, 5.41) is 6.23. The van der Waals surface area contributed by atoms with E-state index in [-0.39, 0.29) is 17.6 Å². The molecule has 0 bridgehead atoms. The molecule has 1 amide bonds. The average Bonchev–Trinajstić information content (AvgIpc) is 2.94. The molecule has 1 aliphatic carbocycles. The first-order valence-corrected chi connectivity index (χ1v) is 7.02. The van der Waals surface area contributed by atoms with Crippen molar-refractivity contribution in [1.82, 2.24) is 5.32 Å². The van der Waals surface area contributed by atoms with E-state index in [2.05, 4.69) is 10.6 Å². The fraction of sp³-hybridized carbons (Fsp3) is 0.500. The van der Waals surface area contributed by atoms with E-state index < -0.39 is 5.82 Å². The maximum Gasteiger partial charge on any atom is 0.241 e. The first-order chi connectivity index (χ1) is 9.15. The molecule has 2 aliphatic rings. The van der Waals surface area contributed by atoms with Crippen molar-refractivity contribution >= 4 is 23.2 Å². The SMILES string of the molecule is O=C(Nc1ccc(Cl)cc1F)C1NCC2CCCC21. The fourth-order valence-electron chi connectivity index (χ4n) is 3.28. The van der Waals surface area contributed by atoms with Gasteiger partial charge in [-0.15, -0.1) is 0 Å². The Morgan fingerprint density at radius 3 is 3.05 bits per heavy atom. The van der Waals surface area contributed by atoms with Gasteiger partial charge in [0.2, 0.25) is 5.91 Å². The van der Waals surface area contributed by atoms with Crippen LogP contribution in [0.1, 0.15) is 19.3 Å². The molecule has 0 radical (unpaired) electrons. The number of halogens is 2. The summed E-state index contributed by atoms with van der Waals surface area (Å²) in [6.45, 7) is 0.895. The highest BCUT2D eigenvalue weighted by Crippen LogP contribution is 2.38. The smallest absolute Gasteiger partial charge is 0.241 e. The quantitative estimate of drug-likeness (QED) is 0.876. The van der Waals surface area contributed by atoms with E-state index in [0.717, 1.165) is 13.0 Å². The van der Waals surface area contributed by atoms with E-state index in [4.69, 9.17) is 11.6 Å². The summed E-state index contributed by atoms with van der Waals surface area (Å²) in [5.41, 5.74) is 0.192. The number of hydrogen-bond donors (Lipinski definition) is 2. The largest absolute Gasteiger partial charge is 0.322 e. The van der Waals surface area contributed by atoms with Crippen LogP contribution < -0.4 is 10.6 Å². The monoisotopic (exact) mass is 282 g/mol. The Labute approximate surface area is 116 Å². The molecule has 5 heteroatoms. The molecule has 19 heavy (non-hydrogen) atoms. The number of nitrogens with one attached hydrogen (secondary N) is 2. The number of carbonyl (C=O) groups is 1. The van der Waals surface area contributed by atoms with Crippen molar-refractivity contribution in [1.29, 1.82) is 0 Å². The molecule has 3 unspecified atom stereocenters. The van der Waals surface area contributed by atoms with Gasteiger partial charge < -0.3 is 10.6 Å². The predicted octanol–water partition coefficient (Wildman–Crippen LogP) is 2.81. The summed E-state index contributed by atoms with van der Waals surface area (Å²) in [5.74, 6) is 0.360. The molecule has 3 rings (SSSR count). The number of rotatable bonds is 2. The minimum atomic E-state index is -0.498. The van der Waals surface area contributed by atoms with Gasteiger partial charge in [-0.25, -0.2) is 4.39 Å². The summed E-state index contributed by atoms with van der Waals surface area (Å²) in [6, 6.07) is 4.08. The van der Waals surface area contributed by atoms with Crippen LogP contribution in [0.5, 0.6) is 0 Å². The van der Waals surface area contributed by atoms with Crippen LogP contribution in [0.3, 0.4) is 0 Å². The van der Waals surface area contributed by atoms with Crippen molar-refractivity contribution in [2.75, 3.05) is 11.9 Å². The highest BCUT2D eigenvalue weighted by Gasteiger charge is 2.42. The number of anilines is 1. The third kappa shape index (κ3) is 2.47. The van der Waals surface area contributed by atoms with Crippen LogP contribution in [-0.2, 0) is 4.79 Å². The molecule has 1 saturated carbocycles. The molecule has 3 nitrogen and oxygen atoms in total. The Kier molecular flexibility index (Phi) is 3.46. The van der Waals surface area contributed by atoms with Gasteiger partial charge in [-0.1, -0.05) is 18.0 Å². The van der Waals surface area contributed by atoms with Crippen LogP contribution in [0.25, 0.3) is 0 Å². The lowest BCUT2D eigenvalue weighted by molar-refractivity contribution is -0.118. The molecule has 1 heterocycles. The molecular weight excluding hydrogens is 267 g/mol. The lowest BCUT2D eigenvalue weighted by Crippen LogP contribution is -2.39. The third-order valence-corrected chi connectivity index (χ3v) is 4.45. The number of fused-ring (bicyclic) bond motifs is 1. The number of hydrogen-bond acceptors (Lipinski definition) is 2. The molecular formula is C14H16ClFN2O. The van der Waals surface area contributed by atoms with Gasteiger partial charge in [-0.05, 0) is 49.4 Å². The Hall–Kier alpha value is -1.13. The minimum absolute atomic E-state index is 0.143. The van der Waals surface area contributed by atoms with Crippen LogP contribution in [0.4, 0.5) is 10.1 Å². The molecule has 0 spiro atoms. The molecule has 1 aliphatic heterocycles. The molecule has 102 valence electrons. The van der Waals surface area contributed by atoms with E-state index in [9.17, 15) is 9.18 Å². The van der Waals surface area contributed by atoms with Crippen LogP contribution >= 0.6 is 11.6 Å². The van der Waals surface area contributed by atoms with Crippen molar-refractivity contribution in [2.24, 2.45) is 11.8 Å². The van der Waals surface area contributed by atoms with Gasteiger partial charge in [0.1, 0.15) is 5.82 Å². The minimum Gasteiger partial charge on any atom is -0.322 e. The highest BCUT2D eigenvalue weighted by atomic mass is 35.5. The predicted molar refractivity (Wildman–Crippen MR) is 72.7 cm³/mol. The molecule has 2 N–H and O–H groups in total. The van der Waals surface area contributed by atoms with E-state index in [0.29, 0.717) is 16.9 Å². The van der Waals surface area contributed by atoms with Crippen LogP contribution in [-0.4, -0.2) is 18.5 Å². The van der Waals surface area contributed by atoms with E-state index >= 15 is 0 Å². The van der Waals surface area contributed by atoms with Crippen molar-refractivity contribution < 1.29 is 9.18 Å². The Morgan fingerprint density at radius 2 is 2.26 bits per heavy atom. The maximum atomic E-state index is 13.6. The van der Waals surface area contributed by atoms with E-state index in [1.807, 2.05) is 0 Å². The first-order valence-electron chi connectivity index (χ1n) is 6.64. The summed E-state index contributed by atoms with van der Waals surface area (Å²) < 4.78 is 13.6. The van der Waals surface area contributed by atoms with Gasteiger partial charge in [0.25, 0.3) is 0 Å². The van der Waals surface area contributed by atoms with Crippen molar-refractivity contribution in [3.05, 3.63) is 29.0 Å². The topological polar surface area (TPSA) is 41.1 Å². The zero-order chi connectivity index (χ0) is 13.4. The van der Waals surface area contributed by atoms with Crippen LogP contribution in [0.2, 0.25) is 5.02 Å². The zero-order valence-corrected chi connectivity index (χ0v) is 11.2. The van der Waals surface area contributed by atoms with Crippen molar-refractivity contribution in [3.63, 3.8) is 0 Å². The standard InChI is InChI=1S/C14H16ClFN2O/c15-9-4-5-12(11(16)6-9)18-14(19)13-10-3-1-2-8(10)7-17-13/h4-6,8,10,13,17H,1-3,7H2,(H,18,19). The first kappa shape index (κ1) is 12.9. The van der Waals surface area contributed by atoms with E-state index in [1.54, 1.807) is 6.07 Å². The lowest BCUT2D eigenvalue weighted by Gasteiger charge is -2.18. The molecule has 1 saturated heterocycles. The van der Waals surface area contributed by atoms with Crippen LogP contribution in [0.15, 0.2) is 18.2 Å². The summed E-state index contributed by atoms with van der Waals surface area (Å²) in [7, 11) is 0. The molecule has 2 fully saturated rings. The number of benzene rings is 1. The summed E-state index contributed by atoms with van der Waals surface area (Å²) in [6.07, 6.45) is 3.46. The second-order valence-corrected chi connectivity index (χ2v) is 5.79. The van der Waals surface area contributed by atoms with E-state index in [1.165, 1.54) is 25.0 Å². The van der Waals surface area contributed by atoms with Crippen molar-refractivity contribution in [2.45, 2.75) is 25.3 Å². The maximum absolute atomic E-state index is 13.6. The van der Waals surface area contributed by atoms with Gasteiger partial charge in [-0.3, -0.25) is 4.79 Å². The molecule has 1 aromatic carbocycles. The molecule has 3 atom stereocenters. The van der Waals surface area contributed by atoms with Gasteiger partial charge in [-0.2, -0.15) is 0 Å². The molecule has 0 aromatic heterocycles. The second kappa shape index (κ2) is 5.10. The van der Waals surface area contributed by atoms with Gasteiger partial charge in [0, 0.05) is 5.02 Å². The zero-order valence-electron chi connectivity index (χ0n) is 10.5. The number of carbonyl (C=O) groups excluding carboxylic acids is 1. The normalized spacial score (nSPS) is 29.3. The Bertz CT molecular complexity index is 508. The fourth-order valence-corrected chi connectivity index (χ4v) is 3.43. The summed E-state index contributed by atoms with van der Waals surface area (Å²) in [4.78, 5) is 12.2. The highest BCUT2D eigenvalue weighted by molar-refractivity contribution is 6.30. The van der Waals surface area contributed by atoms with Gasteiger partial charge >= 0.3 is 0 Å². The Morgan fingerprint density at radius 1 is 1.42 bits per heavy atom. The average molecular weight is 283 g/mol. The molecule has 1 aromatic rings. The lowest BCUT2D eigenvalue weighted by atomic mass is 9.93. The second-order valence-electron chi connectivity index (χ2n) is 5.35. The van der Waals surface area contributed by atoms with Crippen molar-refractivity contribution in [3.8, 4) is 0 Å². The summed E-state index contributed by atoms with van der Waals surface area (Å²) >= 11 is 5.69. The van der Waals surface area contributed by atoms with Gasteiger partial charge in [0.05, 0.1) is 11.7 Å². The Balaban J connectivity index is 1.71. The van der Waals surface area contributed by atoms with Gasteiger partial charge in [0.15, 0.2) is 0 Å². The number of amides is 1. The third-order valence-electron chi connectivity index (χ3n) is 4.22.